The van der Waals surface area contributed by atoms with Gasteiger partial charge in [0.1, 0.15) is 0 Å². The van der Waals surface area contributed by atoms with E-state index in [4.69, 9.17) is 9.47 Å². The van der Waals surface area contributed by atoms with Crippen LogP contribution in [0.15, 0.2) is 54.6 Å². The second kappa shape index (κ2) is 8.73. The lowest BCUT2D eigenvalue weighted by molar-refractivity contribution is -0.141. The lowest BCUT2D eigenvalue weighted by Gasteiger charge is -2.06. The monoisotopic (exact) mass is 312 g/mol. The van der Waals surface area contributed by atoms with Gasteiger partial charge < -0.3 is 9.47 Å². The van der Waals surface area contributed by atoms with E-state index in [1.54, 1.807) is 12.1 Å². The molecule has 4 heteroatoms. The number of carbonyl (C=O) groups excluding carboxylic acids is 2. The molecule has 0 amide bonds. The summed E-state index contributed by atoms with van der Waals surface area (Å²) in [5.74, 6) is -0.627. The Morgan fingerprint density at radius 3 is 1.96 bits per heavy atom. The molecule has 23 heavy (non-hydrogen) atoms. The first-order chi connectivity index (χ1) is 11.2. The van der Waals surface area contributed by atoms with Gasteiger partial charge in [0.15, 0.2) is 0 Å². The van der Waals surface area contributed by atoms with Crippen LogP contribution in [-0.2, 0) is 14.3 Å². The second-order valence-corrected chi connectivity index (χ2v) is 5.13. The highest BCUT2D eigenvalue weighted by molar-refractivity contribution is 5.90. The fourth-order valence-corrected chi connectivity index (χ4v) is 2.10. The Balaban J connectivity index is 1.78. The molecular weight excluding hydrogens is 292 g/mol. The zero-order chi connectivity index (χ0) is 16.5. The average molecular weight is 312 g/mol. The molecule has 0 heterocycles. The minimum absolute atomic E-state index is 0.291. The molecule has 120 valence electrons. The maximum Gasteiger partial charge on any atom is 0.338 e. The molecule has 2 aromatic rings. The van der Waals surface area contributed by atoms with Crippen molar-refractivity contribution in [2.75, 3.05) is 13.2 Å². The molecule has 0 aliphatic rings. The molecule has 0 aliphatic heterocycles. The SMILES string of the molecule is CC(=O)OCCCCOC(=O)c1ccc(-c2ccccc2)cc1. The fourth-order valence-electron chi connectivity index (χ4n) is 2.10. The van der Waals surface area contributed by atoms with E-state index >= 15 is 0 Å². The summed E-state index contributed by atoms with van der Waals surface area (Å²) < 4.78 is 10.0. The van der Waals surface area contributed by atoms with Crippen LogP contribution in [0.1, 0.15) is 30.1 Å². The Labute approximate surface area is 136 Å². The van der Waals surface area contributed by atoms with Crippen LogP contribution >= 0.6 is 0 Å². The third-order valence-electron chi connectivity index (χ3n) is 3.30. The molecular formula is C19H20O4. The Bertz CT molecular complexity index is 632. The molecule has 0 unspecified atom stereocenters. The first-order valence-electron chi connectivity index (χ1n) is 7.63. The van der Waals surface area contributed by atoms with Gasteiger partial charge in [0, 0.05) is 6.92 Å². The Hall–Kier alpha value is -2.62. The van der Waals surface area contributed by atoms with Gasteiger partial charge in [0.25, 0.3) is 0 Å². The number of ether oxygens (including phenoxy) is 2. The number of benzene rings is 2. The van der Waals surface area contributed by atoms with Gasteiger partial charge in [-0.2, -0.15) is 0 Å². The normalized spacial score (nSPS) is 10.1. The highest BCUT2D eigenvalue weighted by Gasteiger charge is 2.07. The van der Waals surface area contributed by atoms with Crippen LogP contribution in [0.3, 0.4) is 0 Å². The summed E-state index contributed by atoms with van der Waals surface area (Å²) >= 11 is 0. The first kappa shape index (κ1) is 16.7. The highest BCUT2D eigenvalue weighted by Crippen LogP contribution is 2.19. The molecule has 0 spiro atoms. The Morgan fingerprint density at radius 2 is 1.35 bits per heavy atom. The van der Waals surface area contributed by atoms with Crippen molar-refractivity contribution in [2.24, 2.45) is 0 Å². The summed E-state index contributed by atoms with van der Waals surface area (Å²) in [5.41, 5.74) is 2.70. The molecule has 0 saturated carbocycles. The van der Waals surface area contributed by atoms with E-state index in [0.29, 0.717) is 31.6 Å². The lowest BCUT2D eigenvalue weighted by atomic mass is 10.0. The molecule has 0 saturated heterocycles. The third kappa shape index (κ3) is 5.58. The summed E-state index contributed by atoms with van der Waals surface area (Å²) in [4.78, 5) is 22.5. The summed E-state index contributed by atoms with van der Waals surface area (Å²) in [6, 6.07) is 17.3. The number of esters is 2. The van der Waals surface area contributed by atoms with Crippen LogP contribution in [0, 0.1) is 0 Å². The van der Waals surface area contributed by atoms with Gasteiger partial charge in [-0.05, 0) is 36.1 Å². The summed E-state index contributed by atoms with van der Waals surface area (Å²) in [5, 5.41) is 0. The van der Waals surface area contributed by atoms with Crippen molar-refractivity contribution < 1.29 is 19.1 Å². The fraction of sp³-hybridized carbons (Fsp3) is 0.263. The average Bonchev–Trinajstić information content (AvgIpc) is 2.58. The maximum atomic E-state index is 11.9. The topological polar surface area (TPSA) is 52.6 Å². The van der Waals surface area contributed by atoms with Gasteiger partial charge in [0.2, 0.25) is 0 Å². The van der Waals surface area contributed by atoms with Crippen LogP contribution < -0.4 is 0 Å². The van der Waals surface area contributed by atoms with E-state index in [2.05, 4.69) is 0 Å². The molecule has 0 bridgehead atoms. The Kier molecular flexibility index (Phi) is 6.36. The number of hydrogen-bond donors (Lipinski definition) is 0. The molecule has 0 aromatic heterocycles. The van der Waals surface area contributed by atoms with E-state index in [1.807, 2.05) is 42.5 Å². The molecule has 0 aliphatic carbocycles. The highest BCUT2D eigenvalue weighted by atomic mass is 16.5. The van der Waals surface area contributed by atoms with Crippen LogP contribution in [0.25, 0.3) is 11.1 Å². The van der Waals surface area contributed by atoms with Gasteiger partial charge in [-0.15, -0.1) is 0 Å². The number of rotatable bonds is 7. The molecule has 2 aromatic carbocycles. The van der Waals surface area contributed by atoms with E-state index in [1.165, 1.54) is 6.92 Å². The van der Waals surface area contributed by atoms with E-state index in [0.717, 1.165) is 11.1 Å². The third-order valence-corrected chi connectivity index (χ3v) is 3.30. The number of unbranched alkanes of at least 4 members (excludes halogenated alkanes) is 1. The van der Waals surface area contributed by atoms with Crippen molar-refractivity contribution in [3.05, 3.63) is 60.2 Å². The minimum Gasteiger partial charge on any atom is -0.466 e. The van der Waals surface area contributed by atoms with Gasteiger partial charge in [-0.3, -0.25) is 4.79 Å². The Morgan fingerprint density at radius 1 is 0.783 bits per heavy atom. The molecule has 0 atom stereocenters. The van der Waals surface area contributed by atoms with E-state index < -0.39 is 0 Å². The minimum atomic E-state index is -0.336. The van der Waals surface area contributed by atoms with E-state index in [9.17, 15) is 9.59 Å². The van der Waals surface area contributed by atoms with Gasteiger partial charge in [-0.25, -0.2) is 4.79 Å². The van der Waals surface area contributed by atoms with Crippen molar-refractivity contribution in [3.63, 3.8) is 0 Å². The molecule has 0 N–H and O–H groups in total. The predicted molar refractivity (Wildman–Crippen MR) is 88.0 cm³/mol. The van der Waals surface area contributed by atoms with Crippen molar-refractivity contribution in [2.45, 2.75) is 19.8 Å². The quantitative estimate of drug-likeness (QED) is 0.575. The molecule has 0 radical (unpaired) electrons. The number of carbonyl (C=O) groups is 2. The maximum absolute atomic E-state index is 11.9. The van der Waals surface area contributed by atoms with Gasteiger partial charge >= 0.3 is 11.9 Å². The molecule has 4 nitrogen and oxygen atoms in total. The number of hydrogen-bond acceptors (Lipinski definition) is 4. The smallest absolute Gasteiger partial charge is 0.338 e. The summed E-state index contributed by atoms with van der Waals surface area (Å²) in [6.45, 7) is 2.05. The van der Waals surface area contributed by atoms with Crippen LogP contribution in [0.4, 0.5) is 0 Å². The molecule has 0 fully saturated rings. The lowest BCUT2D eigenvalue weighted by Crippen LogP contribution is -2.07. The first-order valence-corrected chi connectivity index (χ1v) is 7.63. The zero-order valence-electron chi connectivity index (χ0n) is 13.2. The second-order valence-electron chi connectivity index (χ2n) is 5.13. The van der Waals surface area contributed by atoms with Crippen LogP contribution in [0.2, 0.25) is 0 Å². The van der Waals surface area contributed by atoms with Gasteiger partial charge in [0.05, 0.1) is 18.8 Å². The summed E-state index contributed by atoms with van der Waals surface area (Å²) in [6.07, 6.45) is 1.35. The van der Waals surface area contributed by atoms with Crippen molar-refractivity contribution in [1.29, 1.82) is 0 Å². The predicted octanol–water partition coefficient (Wildman–Crippen LogP) is 3.85. The van der Waals surface area contributed by atoms with Crippen molar-refractivity contribution in [1.82, 2.24) is 0 Å². The van der Waals surface area contributed by atoms with E-state index in [-0.39, 0.29) is 11.9 Å². The summed E-state index contributed by atoms with van der Waals surface area (Å²) in [7, 11) is 0. The standard InChI is InChI=1S/C19H20O4/c1-15(20)22-13-5-6-14-23-19(21)18-11-9-17(10-12-18)16-7-3-2-4-8-16/h2-4,7-12H,5-6,13-14H2,1H3. The zero-order valence-corrected chi connectivity index (χ0v) is 13.2. The molecule has 2 rings (SSSR count). The van der Waals surface area contributed by atoms with Crippen molar-refractivity contribution in [3.8, 4) is 11.1 Å². The van der Waals surface area contributed by atoms with Crippen molar-refractivity contribution >= 4 is 11.9 Å². The van der Waals surface area contributed by atoms with Crippen LogP contribution in [-0.4, -0.2) is 25.2 Å². The van der Waals surface area contributed by atoms with Gasteiger partial charge in [-0.1, -0.05) is 42.5 Å². The largest absolute Gasteiger partial charge is 0.466 e. The van der Waals surface area contributed by atoms with Crippen LogP contribution in [0.5, 0.6) is 0 Å².